The highest BCUT2D eigenvalue weighted by Gasteiger charge is 2.29. The minimum atomic E-state index is -1.17. The molecule has 2 aromatic carbocycles. The van der Waals surface area contributed by atoms with E-state index in [0.717, 1.165) is 25.7 Å². The molecule has 0 saturated heterocycles. The lowest BCUT2D eigenvalue weighted by atomic mass is 10.1. The molecule has 0 unspecified atom stereocenters. The van der Waals surface area contributed by atoms with Gasteiger partial charge in [-0.05, 0) is 43.2 Å². The number of fused-ring (bicyclic) bond motifs is 1. The van der Waals surface area contributed by atoms with Crippen molar-refractivity contribution in [2.24, 2.45) is 0 Å². The summed E-state index contributed by atoms with van der Waals surface area (Å²) in [6.07, 6.45) is 2.75. The van der Waals surface area contributed by atoms with Crippen LogP contribution in [0.2, 0.25) is 0 Å². The van der Waals surface area contributed by atoms with Crippen LogP contribution in [-0.4, -0.2) is 31.1 Å². The van der Waals surface area contributed by atoms with E-state index in [1.807, 2.05) is 0 Å². The zero-order valence-corrected chi connectivity index (χ0v) is 15.9. The molecule has 4 rings (SSSR count). The smallest absolute Gasteiger partial charge is 0.339 e. The number of carbonyl (C=O) groups excluding carboxylic acids is 2. The van der Waals surface area contributed by atoms with Crippen molar-refractivity contribution >= 4 is 11.9 Å². The molecule has 0 aromatic heterocycles. The van der Waals surface area contributed by atoms with E-state index < -0.39 is 23.8 Å². The highest BCUT2D eigenvalue weighted by atomic mass is 19.1. The van der Waals surface area contributed by atoms with E-state index in [2.05, 4.69) is 5.32 Å². The van der Waals surface area contributed by atoms with Crippen LogP contribution >= 0.6 is 0 Å². The Morgan fingerprint density at radius 3 is 2.41 bits per heavy atom. The normalized spacial score (nSPS) is 16.9. The molecule has 152 valence electrons. The fraction of sp³-hybridized carbons (Fsp3) is 0.364. The number of hydrogen-bond donors (Lipinski definition) is 1. The number of carbonyl (C=O) groups is 2. The molecule has 1 N–H and O–H groups in total. The third-order valence-corrected chi connectivity index (χ3v) is 5.12. The van der Waals surface area contributed by atoms with Crippen molar-refractivity contribution in [2.45, 2.75) is 37.8 Å². The number of esters is 1. The summed E-state index contributed by atoms with van der Waals surface area (Å²) in [6.45, 7) is 0.846. The lowest BCUT2D eigenvalue weighted by molar-refractivity contribution is -0.131. The van der Waals surface area contributed by atoms with E-state index in [1.165, 1.54) is 30.3 Å². The Labute approximate surface area is 168 Å². The van der Waals surface area contributed by atoms with Crippen LogP contribution in [0.3, 0.4) is 0 Å². The van der Waals surface area contributed by atoms with Gasteiger partial charge in [0.05, 0.1) is 5.56 Å². The van der Waals surface area contributed by atoms with Gasteiger partial charge in [-0.1, -0.05) is 25.0 Å². The molecular weight excluding hydrogens is 377 g/mol. The summed E-state index contributed by atoms with van der Waals surface area (Å²) in [4.78, 5) is 25.6. The molecule has 1 aliphatic heterocycles. The molecule has 6 nitrogen and oxygen atoms in total. The van der Waals surface area contributed by atoms with Crippen LogP contribution < -0.4 is 14.8 Å². The number of amides is 1. The summed E-state index contributed by atoms with van der Waals surface area (Å²) < 4.78 is 29.8. The molecule has 1 saturated carbocycles. The molecule has 0 bridgehead atoms. The molecule has 1 atom stereocenters. The first-order chi connectivity index (χ1) is 14.1. The minimum Gasteiger partial charge on any atom is -0.486 e. The number of rotatable bonds is 5. The minimum absolute atomic E-state index is 0.0680. The Morgan fingerprint density at radius 1 is 1.00 bits per heavy atom. The van der Waals surface area contributed by atoms with Gasteiger partial charge in [-0.2, -0.15) is 0 Å². The molecule has 2 aromatic rings. The fourth-order valence-electron chi connectivity index (χ4n) is 3.60. The molecule has 1 amide bonds. The Morgan fingerprint density at radius 2 is 1.69 bits per heavy atom. The number of nitrogens with one attached hydrogen (secondary N) is 1. The SMILES string of the molecule is O=C(O[C@H](C(=O)NC1CCCC1)c1ccc(F)cc1)c1ccc2c(c1)OCCO2. The standard InChI is InChI=1S/C22H22FNO5/c23-16-8-5-14(6-9-16)20(21(25)24-17-3-1-2-4-17)29-22(26)15-7-10-18-19(13-15)28-12-11-27-18/h5-10,13,17,20H,1-4,11-12H2,(H,24,25)/t20-/m0/s1. The van der Waals surface area contributed by atoms with Crippen molar-refractivity contribution in [3.8, 4) is 11.5 Å². The van der Waals surface area contributed by atoms with Gasteiger partial charge in [0, 0.05) is 11.6 Å². The Balaban J connectivity index is 1.54. The van der Waals surface area contributed by atoms with E-state index in [-0.39, 0.29) is 11.6 Å². The van der Waals surface area contributed by atoms with Crippen LogP contribution in [0.15, 0.2) is 42.5 Å². The summed E-state index contributed by atoms with van der Waals surface area (Å²) in [5, 5.41) is 2.94. The number of benzene rings is 2. The monoisotopic (exact) mass is 399 g/mol. The second kappa shape index (κ2) is 8.51. The van der Waals surface area contributed by atoms with Crippen LogP contribution in [0.5, 0.6) is 11.5 Å². The van der Waals surface area contributed by atoms with E-state index in [0.29, 0.717) is 30.3 Å². The summed E-state index contributed by atoms with van der Waals surface area (Å²) in [5.74, 6) is -0.490. The average molecular weight is 399 g/mol. The zero-order valence-electron chi connectivity index (χ0n) is 15.9. The topological polar surface area (TPSA) is 73.9 Å². The second-order valence-corrected chi connectivity index (χ2v) is 7.19. The van der Waals surface area contributed by atoms with E-state index in [4.69, 9.17) is 14.2 Å². The lowest BCUT2D eigenvalue weighted by Crippen LogP contribution is -2.38. The first-order valence-electron chi connectivity index (χ1n) is 9.76. The van der Waals surface area contributed by atoms with Gasteiger partial charge in [-0.15, -0.1) is 0 Å². The highest BCUT2D eigenvalue weighted by Crippen LogP contribution is 2.32. The molecular formula is C22H22FNO5. The van der Waals surface area contributed by atoms with E-state index in [1.54, 1.807) is 12.1 Å². The van der Waals surface area contributed by atoms with Gasteiger partial charge in [-0.3, -0.25) is 4.79 Å². The van der Waals surface area contributed by atoms with Crippen molar-refractivity contribution in [2.75, 3.05) is 13.2 Å². The van der Waals surface area contributed by atoms with Crippen molar-refractivity contribution in [3.05, 3.63) is 59.4 Å². The zero-order chi connectivity index (χ0) is 20.2. The average Bonchev–Trinajstić information content (AvgIpc) is 3.25. The molecule has 7 heteroatoms. The summed E-state index contributed by atoms with van der Waals surface area (Å²) in [5.41, 5.74) is 0.655. The molecule has 1 fully saturated rings. The van der Waals surface area contributed by atoms with Gasteiger partial charge >= 0.3 is 5.97 Å². The lowest BCUT2D eigenvalue weighted by Gasteiger charge is -2.21. The first-order valence-corrected chi connectivity index (χ1v) is 9.76. The summed E-state index contributed by atoms with van der Waals surface area (Å²) >= 11 is 0. The van der Waals surface area contributed by atoms with Crippen LogP contribution in [0.25, 0.3) is 0 Å². The number of halogens is 1. The molecule has 29 heavy (non-hydrogen) atoms. The van der Waals surface area contributed by atoms with Gasteiger partial charge in [0.1, 0.15) is 19.0 Å². The molecule has 1 heterocycles. The maximum Gasteiger partial charge on any atom is 0.339 e. The maximum atomic E-state index is 13.3. The third kappa shape index (κ3) is 4.50. The quantitative estimate of drug-likeness (QED) is 0.779. The van der Waals surface area contributed by atoms with Crippen molar-refractivity contribution in [3.63, 3.8) is 0 Å². The van der Waals surface area contributed by atoms with Gasteiger partial charge in [0.2, 0.25) is 6.10 Å². The maximum absolute atomic E-state index is 13.3. The van der Waals surface area contributed by atoms with Crippen LogP contribution in [0.4, 0.5) is 4.39 Å². The van der Waals surface area contributed by atoms with E-state index >= 15 is 0 Å². The number of ether oxygens (including phenoxy) is 3. The summed E-state index contributed by atoms with van der Waals surface area (Å²) in [6, 6.07) is 10.2. The Hall–Kier alpha value is -3.09. The van der Waals surface area contributed by atoms with Gasteiger partial charge in [-0.25, -0.2) is 9.18 Å². The molecule has 2 aliphatic rings. The van der Waals surface area contributed by atoms with E-state index in [9.17, 15) is 14.0 Å². The predicted molar refractivity (Wildman–Crippen MR) is 102 cm³/mol. The van der Waals surface area contributed by atoms with Crippen LogP contribution in [-0.2, 0) is 9.53 Å². The molecule has 0 radical (unpaired) electrons. The van der Waals surface area contributed by atoms with Crippen molar-refractivity contribution in [1.29, 1.82) is 0 Å². The predicted octanol–water partition coefficient (Wildman–Crippen LogP) is 3.55. The summed E-state index contributed by atoms with van der Waals surface area (Å²) in [7, 11) is 0. The highest BCUT2D eigenvalue weighted by molar-refractivity contribution is 5.93. The fourth-order valence-corrected chi connectivity index (χ4v) is 3.60. The first kappa shape index (κ1) is 19.2. The number of hydrogen-bond acceptors (Lipinski definition) is 5. The van der Waals surface area contributed by atoms with Gasteiger partial charge in [0.15, 0.2) is 11.5 Å². The largest absolute Gasteiger partial charge is 0.486 e. The third-order valence-electron chi connectivity index (χ3n) is 5.12. The molecule has 1 aliphatic carbocycles. The van der Waals surface area contributed by atoms with Crippen LogP contribution in [0, 0.1) is 5.82 Å². The second-order valence-electron chi connectivity index (χ2n) is 7.19. The van der Waals surface area contributed by atoms with Gasteiger partial charge in [0.25, 0.3) is 5.91 Å². The Bertz CT molecular complexity index is 893. The van der Waals surface area contributed by atoms with Crippen molar-refractivity contribution in [1.82, 2.24) is 5.32 Å². The van der Waals surface area contributed by atoms with Gasteiger partial charge < -0.3 is 19.5 Å². The van der Waals surface area contributed by atoms with Crippen LogP contribution in [0.1, 0.15) is 47.7 Å². The molecule has 0 spiro atoms. The van der Waals surface area contributed by atoms with Crippen molar-refractivity contribution < 1.29 is 28.2 Å². The Kier molecular flexibility index (Phi) is 5.64.